The van der Waals surface area contributed by atoms with Gasteiger partial charge in [-0.15, -0.1) is 0 Å². The minimum absolute atomic E-state index is 0.114. The molecule has 5 nitrogen and oxygen atoms in total. The van der Waals surface area contributed by atoms with Crippen LogP contribution >= 0.6 is 0 Å². The molecule has 2 aliphatic heterocycles. The summed E-state index contributed by atoms with van der Waals surface area (Å²) in [7, 11) is 0. The van der Waals surface area contributed by atoms with Gasteiger partial charge in [-0.25, -0.2) is 4.98 Å². The van der Waals surface area contributed by atoms with Gasteiger partial charge in [0, 0.05) is 31.0 Å². The average molecular weight is 278 g/mol. The first-order valence-corrected chi connectivity index (χ1v) is 7.82. The highest BCUT2D eigenvalue weighted by molar-refractivity contribution is 5.05. The summed E-state index contributed by atoms with van der Waals surface area (Å²) in [5.74, 6) is 1.66. The first kappa shape index (κ1) is 14.0. The van der Waals surface area contributed by atoms with Crippen molar-refractivity contribution in [3.63, 3.8) is 0 Å². The molecule has 112 valence electrons. The van der Waals surface area contributed by atoms with Gasteiger partial charge >= 0.3 is 0 Å². The van der Waals surface area contributed by atoms with Crippen LogP contribution in [0, 0.1) is 5.92 Å². The van der Waals surface area contributed by atoms with E-state index in [1.807, 2.05) is 6.20 Å². The van der Waals surface area contributed by atoms with Crippen molar-refractivity contribution in [1.29, 1.82) is 0 Å². The van der Waals surface area contributed by atoms with Crippen LogP contribution in [0.1, 0.15) is 44.3 Å². The highest BCUT2D eigenvalue weighted by atomic mass is 16.5. The van der Waals surface area contributed by atoms with Crippen molar-refractivity contribution in [1.82, 2.24) is 20.2 Å². The molecular formula is C15H26N4O. The molecule has 0 spiro atoms. The Morgan fingerprint density at radius 1 is 1.55 bits per heavy atom. The number of aromatic nitrogens is 2. The van der Waals surface area contributed by atoms with Crippen LogP contribution in [0.15, 0.2) is 6.20 Å². The van der Waals surface area contributed by atoms with Crippen molar-refractivity contribution in [3.05, 3.63) is 17.7 Å². The third kappa shape index (κ3) is 3.22. The summed E-state index contributed by atoms with van der Waals surface area (Å²) < 4.78 is 5.98. The zero-order valence-electron chi connectivity index (χ0n) is 12.6. The largest absolute Gasteiger partial charge is 0.367 e. The fraction of sp³-hybridized carbons (Fsp3) is 0.800. The predicted molar refractivity (Wildman–Crippen MR) is 78.4 cm³/mol. The molecule has 1 aromatic heterocycles. The number of hydrogen-bond acceptors (Lipinski definition) is 4. The summed E-state index contributed by atoms with van der Waals surface area (Å²) in [6.07, 6.45) is 4.64. The molecule has 2 saturated heterocycles. The second-order valence-electron chi connectivity index (χ2n) is 6.43. The fourth-order valence-electron chi connectivity index (χ4n) is 3.11. The fourth-order valence-corrected chi connectivity index (χ4v) is 3.11. The number of rotatable bonds is 5. The van der Waals surface area contributed by atoms with Gasteiger partial charge < -0.3 is 15.0 Å². The van der Waals surface area contributed by atoms with E-state index in [1.54, 1.807) is 0 Å². The van der Waals surface area contributed by atoms with E-state index in [0.29, 0.717) is 12.0 Å². The Morgan fingerprint density at radius 2 is 2.45 bits per heavy atom. The number of imidazole rings is 1. The normalized spacial score (nSPS) is 27.1. The van der Waals surface area contributed by atoms with E-state index in [9.17, 15) is 0 Å². The maximum atomic E-state index is 5.98. The summed E-state index contributed by atoms with van der Waals surface area (Å²) in [4.78, 5) is 10.5. The molecule has 2 N–H and O–H groups in total. The van der Waals surface area contributed by atoms with Crippen LogP contribution < -0.4 is 5.32 Å². The first-order valence-electron chi connectivity index (χ1n) is 7.82. The third-order valence-corrected chi connectivity index (χ3v) is 4.21. The Bertz CT molecular complexity index is 431. The van der Waals surface area contributed by atoms with Crippen molar-refractivity contribution in [3.8, 4) is 0 Å². The van der Waals surface area contributed by atoms with Gasteiger partial charge in [0.05, 0.1) is 6.61 Å². The summed E-state index contributed by atoms with van der Waals surface area (Å²) >= 11 is 0. The van der Waals surface area contributed by atoms with E-state index in [2.05, 4.69) is 34.0 Å². The summed E-state index contributed by atoms with van der Waals surface area (Å²) in [5.41, 5.74) is 1.15. The van der Waals surface area contributed by atoms with Gasteiger partial charge in [0.1, 0.15) is 11.9 Å². The van der Waals surface area contributed by atoms with Gasteiger partial charge in [0.15, 0.2) is 0 Å². The van der Waals surface area contributed by atoms with E-state index in [-0.39, 0.29) is 6.10 Å². The van der Waals surface area contributed by atoms with Crippen LogP contribution in [0.2, 0.25) is 0 Å². The number of H-pyrrole nitrogens is 1. The molecule has 20 heavy (non-hydrogen) atoms. The second kappa shape index (κ2) is 6.24. The molecule has 0 aliphatic carbocycles. The molecule has 0 aromatic carbocycles. The van der Waals surface area contributed by atoms with Crippen LogP contribution in [0.5, 0.6) is 0 Å². The van der Waals surface area contributed by atoms with Crippen molar-refractivity contribution in [2.75, 3.05) is 26.2 Å². The van der Waals surface area contributed by atoms with E-state index in [1.165, 1.54) is 19.4 Å². The molecule has 2 unspecified atom stereocenters. The number of ether oxygens (including phenoxy) is 1. The monoisotopic (exact) mass is 278 g/mol. The number of morpholine rings is 1. The number of hydrogen-bond donors (Lipinski definition) is 2. The van der Waals surface area contributed by atoms with Gasteiger partial charge in [-0.05, 0) is 31.8 Å². The SMILES string of the molecule is CC(C)CNCc1cnc(C2CN3CCCC3CO2)[nH]1. The van der Waals surface area contributed by atoms with Crippen molar-refractivity contribution in [2.24, 2.45) is 5.92 Å². The molecule has 1 aromatic rings. The molecule has 0 amide bonds. The van der Waals surface area contributed by atoms with E-state index in [0.717, 1.165) is 37.8 Å². The highest BCUT2D eigenvalue weighted by Gasteiger charge is 2.33. The minimum Gasteiger partial charge on any atom is -0.367 e. The van der Waals surface area contributed by atoms with Gasteiger partial charge in [-0.3, -0.25) is 4.90 Å². The molecule has 0 radical (unpaired) electrons. The molecule has 0 saturated carbocycles. The van der Waals surface area contributed by atoms with Crippen LogP contribution in [-0.2, 0) is 11.3 Å². The number of aromatic amines is 1. The topological polar surface area (TPSA) is 53.2 Å². The van der Waals surface area contributed by atoms with Crippen molar-refractivity contribution >= 4 is 0 Å². The molecule has 0 bridgehead atoms. The lowest BCUT2D eigenvalue weighted by Crippen LogP contribution is -2.42. The predicted octanol–water partition coefficient (Wildman–Crippen LogP) is 1.69. The summed E-state index contributed by atoms with van der Waals surface area (Å²) in [5, 5.41) is 3.43. The van der Waals surface area contributed by atoms with Gasteiger partial charge in [0.25, 0.3) is 0 Å². The van der Waals surface area contributed by atoms with Crippen LogP contribution in [0.25, 0.3) is 0 Å². The second-order valence-corrected chi connectivity index (χ2v) is 6.43. The lowest BCUT2D eigenvalue weighted by molar-refractivity contribution is -0.0538. The Morgan fingerprint density at radius 3 is 3.30 bits per heavy atom. The van der Waals surface area contributed by atoms with Crippen LogP contribution in [0.3, 0.4) is 0 Å². The van der Waals surface area contributed by atoms with E-state index in [4.69, 9.17) is 4.74 Å². The highest BCUT2D eigenvalue weighted by Crippen LogP contribution is 2.28. The molecule has 2 aliphatic rings. The van der Waals surface area contributed by atoms with Gasteiger partial charge in [-0.1, -0.05) is 13.8 Å². The van der Waals surface area contributed by atoms with Gasteiger partial charge in [-0.2, -0.15) is 0 Å². The van der Waals surface area contributed by atoms with Gasteiger partial charge in [0.2, 0.25) is 0 Å². The smallest absolute Gasteiger partial charge is 0.136 e. The maximum Gasteiger partial charge on any atom is 0.136 e. The quantitative estimate of drug-likeness (QED) is 0.860. The number of fused-ring (bicyclic) bond motifs is 1. The number of nitrogens with one attached hydrogen (secondary N) is 2. The lowest BCUT2D eigenvalue weighted by atomic mass is 10.2. The Hall–Kier alpha value is -0.910. The maximum absolute atomic E-state index is 5.98. The molecular weight excluding hydrogens is 252 g/mol. The average Bonchev–Trinajstić information content (AvgIpc) is 3.05. The number of nitrogens with zero attached hydrogens (tertiary/aromatic N) is 2. The Balaban J connectivity index is 1.54. The molecule has 3 rings (SSSR count). The zero-order chi connectivity index (χ0) is 13.9. The third-order valence-electron chi connectivity index (χ3n) is 4.21. The summed E-state index contributed by atoms with van der Waals surface area (Å²) in [6.45, 7) is 9.37. The standard InChI is InChI=1S/C15H26N4O/c1-11(2)6-16-7-12-8-17-15(18-12)14-9-19-5-3-4-13(19)10-20-14/h8,11,13-14,16H,3-7,9-10H2,1-2H3,(H,17,18). The van der Waals surface area contributed by atoms with Crippen molar-refractivity contribution < 1.29 is 4.74 Å². The Kier molecular flexibility index (Phi) is 4.38. The van der Waals surface area contributed by atoms with Crippen LogP contribution in [0.4, 0.5) is 0 Å². The molecule has 3 heterocycles. The minimum atomic E-state index is 0.114. The van der Waals surface area contributed by atoms with E-state index < -0.39 is 0 Å². The van der Waals surface area contributed by atoms with Crippen molar-refractivity contribution in [2.45, 2.75) is 45.4 Å². The van der Waals surface area contributed by atoms with Crippen LogP contribution in [-0.4, -0.2) is 47.2 Å². The first-order chi connectivity index (χ1) is 9.72. The molecule has 5 heteroatoms. The lowest BCUT2D eigenvalue weighted by Gasteiger charge is -2.34. The molecule has 2 atom stereocenters. The molecule has 2 fully saturated rings. The zero-order valence-corrected chi connectivity index (χ0v) is 12.6. The van der Waals surface area contributed by atoms with E-state index >= 15 is 0 Å². The Labute approximate surface area is 121 Å². The summed E-state index contributed by atoms with van der Waals surface area (Å²) in [6, 6.07) is 0.647.